The molecule has 1 aromatic rings. The topological polar surface area (TPSA) is 29.3 Å². The van der Waals surface area contributed by atoms with Crippen LogP contribution in [-0.4, -0.2) is 19.6 Å². The van der Waals surface area contributed by atoms with Crippen molar-refractivity contribution in [2.75, 3.05) is 24.5 Å². The third-order valence-electron chi connectivity index (χ3n) is 4.77. The first kappa shape index (κ1) is 13.4. The lowest BCUT2D eigenvalue weighted by Gasteiger charge is -2.45. The Hall–Kier alpha value is -1.02. The molecule has 0 aliphatic carbocycles. The summed E-state index contributed by atoms with van der Waals surface area (Å²) in [7, 11) is 0. The van der Waals surface area contributed by atoms with Gasteiger partial charge in [0.05, 0.1) is 0 Å². The number of rotatable bonds is 2. The molecular weight excluding hydrogens is 220 g/mol. The Kier molecular flexibility index (Phi) is 3.67. The Labute approximate surface area is 111 Å². The van der Waals surface area contributed by atoms with Crippen LogP contribution in [0.25, 0.3) is 0 Å². The van der Waals surface area contributed by atoms with E-state index in [4.69, 9.17) is 5.73 Å². The van der Waals surface area contributed by atoms with Crippen molar-refractivity contribution in [2.24, 2.45) is 17.1 Å². The molecule has 2 N–H and O–H groups in total. The van der Waals surface area contributed by atoms with Gasteiger partial charge in [0, 0.05) is 18.8 Å². The number of hydrogen-bond donors (Lipinski definition) is 1. The van der Waals surface area contributed by atoms with Gasteiger partial charge >= 0.3 is 0 Å². The average molecular weight is 246 g/mol. The van der Waals surface area contributed by atoms with Crippen LogP contribution in [0.2, 0.25) is 0 Å². The number of aryl methyl sites for hydroxylation is 1. The minimum atomic E-state index is 0.378. The summed E-state index contributed by atoms with van der Waals surface area (Å²) >= 11 is 0. The molecule has 2 rings (SSSR count). The summed E-state index contributed by atoms with van der Waals surface area (Å²) in [5.74, 6) is 0.589. The van der Waals surface area contributed by atoms with E-state index < -0.39 is 0 Å². The first-order valence-electron chi connectivity index (χ1n) is 6.97. The Morgan fingerprint density at radius 2 is 2.06 bits per heavy atom. The third kappa shape index (κ3) is 2.39. The number of hydrogen-bond acceptors (Lipinski definition) is 2. The van der Waals surface area contributed by atoms with Crippen molar-refractivity contribution in [3.63, 3.8) is 0 Å². The normalized spacial score (nSPS) is 23.2. The summed E-state index contributed by atoms with van der Waals surface area (Å²) < 4.78 is 0. The predicted octanol–water partition coefficient (Wildman–Crippen LogP) is 3.11. The van der Waals surface area contributed by atoms with E-state index in [-0.39, 0.29) is 0 Å². The van der Waals surface area contributed by atoms with E-state index in [1.54, 1.807) is 0 Å². The maximum atomic E-state index is 5.96. The summed E-state index contributed by atoms with van der Waals surface area (Å²) in [4.78, 5) is 2.52. The quantitative estimate of drug-likeness (QED) is 0.868. The fourth-order valence-corrected chi connectivity index (χ4v) is 2.92. The highest BCUT2D eigenvalue weighted by atomic mass is 15.1. The zero-order valence-corrected chi connectivity index (χ0v) is 12.2. The van der Waals surface area contributed by atoms with E-state index >= 15 is 0 Å². The molecule has 1 aromatic carbocycles. The molecule has 0 saturated carbocycles. The summed E-state index contributed by atoms with van der Waals surface area (Å²) in [6.07, 6.45) is 1.22. The molecule has 2 heteroatoms. The smallest absolute Gasteiger partial charge is 0.0398 e. The third-order valence-corrected chi connectivity index (χ3v) is 4.77. The van der Waals surface area contributed by atoms with Gasteiger partial charge in [-0.1, -0.05) is 26.0 Å². The largest absolute Gasteiger partial charge is 0.371 e. The Morgan fingerprint density at radius 3 is 2.72 bits per heavy atom. The fraction of sp³-hybridized carbons (Fsp3) is 0.625. The molecule has 18 heavy (non-hydrogen) atoms. The Morgan fingerprint density at radius 1 is 1.33 bits per heavy atom. The first-order chi connectivity index (χ1) is 8.45. The fourth-order valence-electron chi connectivity index (χ4n) is 2.92. The summed E-state index contributed by atoms with van der Waals surface area (Å²) in [5.41, 5.74) is 10.5. The summed E-state index contributed by atoms with van der Waals surface area (Å²) in [5, 5.41) is 0. The molecule has 0 bridgehead atoms. The molecule has 1 atom stereocenters. The van der Waals surface area contributed by atoms with Crippen LogP contribution in [-0.2, 0) is 0 Å². The molecule has 100 valence electrons. The standard InChI is InChI=1S/C16H26N2/c1-12-6-5-7-15(13(12)2)18-9-8-16(3,4)14(10-17)11-18/h5-7,14H,8-11,17H2,1-4H3. The van der Waals surface area contributed by atoms with Gasteiger partial charge in [0.2, 0.25) is 0 Å². The van der Waals surface area contributed by atoms with Crippen molar-refractivity contribution in [3.8, 4) is 0 Å². The van der Waals surface area contributed by atoms with Gasteiger partial charge in [0.15, 0.2) is 0 Å². The van der Waals surface area contributed by atoms with Crippen molar-refractivity contribution >= 4 is 5.69 Å². The SMILES string of the molecule is Cc1cccc(N2CCC(C)(C)C(CN)C2)c1C. The molecule has 2 nitrogen and oxygen atoms in total. The van der Waals surface area contributed by atoms with Gasteiger partial charge < -0.3 is 10.6 Å². The molecule has 1 saturated heterocycles. The molecule has 1 heterocycles. The van der Waals surface area contributed by atoms with Crippen LogP contribution < -0.4 is 10.6 Å². The van der Waals surface area contributed by atoms with Gasteiger partial charge in [-0.3, -0.25) is 0 Å². The second-order valence-electron chi connectivity index (χ2n) is 6.34. The summed E-state index contributed by atoms with van der Waals surface area (Å²) in [6, 6.07) is 6.59. The van der Waals surface area contributed by atoms with E-state index in [1.807, 2.05) is 0 Å². The molecule has 0 aromatic heterocycles. The molecule has 0 radical (unpaired) electrons. The number of nitrogens with zero attached hydrogens (tertiary/aromatic N) is 1. The van der Waals surface area contributed by atoms with E-state index in [2.05, 4.69) is 50.8 Å². The van der Waals surface area contributed by atoms with Gasteiger partial charge in [-0.25, -0.2) is 0 Å². The molecule has 1 aliphatic rings. The lowest BCUT2D eigenvalue weighted by Crippen LogP contribution is -2.48. The van der Waals surface area contributed by atoms with E-state index in [0.29, 0.717) is 11.3 Å². The lowest BCUT2D eigenvalue weighted by atomic mass is 9.73. The Balaban J connectivity index is 2.23. The number of benzene rings is 1. The van der Waals surface area contributed by atoms with Crippen molar-refractivity contribution in [2.45, 2.75) is 34.1 Å². The predicted molar refractivity (Wildman–Crippen MR) is 79.1 cm³/mol. The van der Waals surface area contributed by atoms with Crippen molar-refractivity contribution in [1.29, 1.82) is 0 Å². The molecule has 0 amide bonds. The van der Waals surface area contributed by atoms with E-state index in [1.165, 1.54) is 23.2 Å². The van der Waals surface area contributed by atoms with Crippen LogP contribution in [0, 0.1) is 25.2 Å². The zero-order valence-electron chi connectivity index (χ0n) is 12.2. The van der Waals surface area contributed by atoms with Gasteiger partial charge in [-0.05, 0) is 55.3 Å². The number of piperidine rings is 1. The van der Waals surface area contributed by atoms with Crippen LogP contribution in [0.3, 0.4) is 0 Å². The summed E-state index contributed by atoms with van der Waals surface area (Å²) in [6.45, 7) is 12.1. The molecule has 1 aliphatic heterocycles. The molecule has 1 unspecified atom stereocenters. The molecule has 0 spiro atoms. The number of anilines is 1. The number of nitrogens with two attached hydrogens (primary N) is 1. The maximum Gasteiger partial charge on any atom is 0.0398 e. The Bertz CT molecular complexity index is 423. The van der Waals surface area contributed by atoms with Crippen molar-refractivity contribution < 1.29 is 0 Å². The van der Waals surface area contributed by atoms with E-state index in [0.717, 1.165) is 19.6 Å². The molecule has 1 fully saturated rings. The van der Waals surface area contributed by atoms with Gasteiger partial charge in [0.1, 0.15) is 0 Å². The zero-order chi connectivity index (χ0) is 13.3. The second kappa shape index (κ2) is 4.93. The minimum Gasteiger partial charge on any atom is -0.371 e. The monoisotopic (exact) mass is 246 g/mol. The van der Waals surface area contributed by atoms with Gasteiger partial charge in [-0.2, -0.15) is 0 Å². The van der Waals surface area contributed by atoms with E-state index in [9.17, 15) is 0 Å². The highest BCUT2D eigenvalue weighted by Gasteiger charge is 2.34. The first-order valence-corrected chi connectivity index (χ1v) is 6.97. The highest BCUT2D eigenvalue weighted by molar-refractivity contribution is 5.56. The van der Waals surface area contributed by atoms with Crippen molar-refractivity contribution in [3.05, 3.63) is 29.3 Å². The lowest BCUT2D eigenvalue weighted by molar-refractivity contribution is 0.177. The maximum absolute atomic E-state index is 5.96. The van der Waals surface area contributed by atoms with Crippen molar-refractivity contribution in [1.82, 2.24) is 0 Å². The average Bonchev–Trinajstić information content (AvgIpc) is 2.33. The van der Waals surface area contributed by atoms with Gasteiger partial charge in [0.25, 0.3) is 0 Å². The highest BCUT2D eigenvalue weighted by Crippen LogP contribution is 2.37. The second-order valence-corrected chi connectivity index (χ2v) is 6.34. The van der Waals surface area contributed by atoms with Crippen LogP contribution in [0.5, 0.6) is 0 Å². The van der Waals surface area contributed by atoms with Crippen LogP contribution in [0.15, 0.2) is 18.2 Å². The van der Waals surface area contributed by atoms with Crippen LogP contribution >= 0.6 is 0 Å². The van der Waals surface area contributed by atoms with Crippen LogP contribution in [0.4, 0.5) is 5.69 Å². The van der Waals surface area contributed by atoms with Crippen LogP contribution in [0.1, 0.15) is 31.4 Å². The van der Waals surface area contributed by atoms with Gasteiger partial charge in [-0.15, -0.1) is 0 Å². The minimum absolute atomic E-state index is 0.378. The molecular formula is C16H26N2.